The van der Waals surface area contributed by atoms with Gasteiger partial charge >= 0.3 is 0 Å². The Bertz CT molecular complexity index is 293. The molecule has 0 spiro atoms. The Morgan fingerprint density at radius 3 is 2.67 bits per heavy atom. The molecule has 0 bridgehead atoms. The molecule has 0 unspecified atom stereocenters. The van der Waals surface area contributed by atoms with Crippen LogP contribution in [0.3, 0.4) is 0 Å². The van der Waals surface area contributed by atoms with Crippen molar-refractivity contribution < 1.29 is 0 Å². The van der Waals surface area contributed by atoms with Gasteiger partial charge in [-0.1, -0.05) is 19.3 Å². The highest BCUT2D eigenvalue weighted by Gasteiger charge is 2.14. The van der Waals surface area contributed by atoms with Gasteiger partial charge in [-0.15, -0.1) is 11.3 Å². The fourth-order valence-electron chi connectivity index (χ4n) is 1.91. The van der Waals surface area contributed by atoms with E-state index in [0.717, 1.165) is 3.95 Å². The summed E-state index contributed by atoms with van der Waals surface area (Å²) in [6, 6.07) is 0.706. The fraction of sp³-hybridized carbons (Fsp3) is 0.667. The van der Waals surface area contributed by atoms with Crippen molar-refractivity contribution in [2.75, 3.05) is 0 Å². The number of hydrogen-bond donors (Lipinski definition) is 0. The van der Waals surface area contributed by atoms with Gasteiger partial charge in [-0.25, -0.2) is 0 Å². The molecule has 1 heterocycles. The Kier molecular flexibility index (Phi) is 2.61. The molecule has 3 heteroatoms. The van der Waals surface area contributed by atoms with E-state index in [-0.39, 0.29) is 0 Å². The molecule has 0 aliphatic heterocycles. The smallest absolute Gasteiger partial charge is 0.161 e. The summed E-state index contributed by atoms with van der Waals surface area (Å²) >= 11 is 6.92. The van der Waals surface area contributed by atoms with Gasteiger partial charge in [0.2, 0.25) is 0 Å². The van der Waals surface area contributed by atoms with E-state index in [4.69, 9.17) is 12.2 Å². The first kappa shape index (κ1) is 8.45. The van der Waals surface area contributed by atoms with E-state index >= 15 is 0 Å². The van der Waals surface area contributed by atoms with Crippen LogP contribution in [0.1, 0.15) is 38.1 Å². The van der Waals surface area contributed by atoms with Gasteiger partial charge in [-0.3, -0.25) is 0 Å². The molecular formula is C9H13NS2. The van der Waals surface area contributed by atoms with Crippen LogP contribution in [0.15, 0.2) is 11.6 Å². The zero-order chi connectivity index (χ0) is 8.39. The summed E-state index contributed by atoms with van der Waals surface area (Å²) in [5, 5.41) is 2.09. The molecular weight excluding hydrogens is 186 g/mol. The largest absolute Gasteiger partial charge is 0.327 e. The lowest BCUT2D eigenvalue weighted by molar-refractivity contribution is 0.353. The summed E-state index contributed by atoms with van der Waals surface area (Å²) in [7, 11) is 0. The molecule has 0 aromatic carbocycles. The van der Waals surface area contributed by atoms with Crippen LogP contribution in [0.5, 0.6) is 0 Å². The average Bonchev–Trinajstić information content (AvgIpc) is 2.53. The lowest BCUT2D eigenvalue weighted by Crippen LogP contribution is -2.11. The van der Waals surface area contributed by atoms with E-state index in [2.05, 4.69) is 16.1 Å². The summed E-state index contributed by atoms with van der Waals surface area (Å²) < 4.78 is 3.32. The van der Waals surface area contributed by atoms with Gasteiger partial charge in [-0.05, 0) is 25.1 Å². The Labute approximate surface area is 82.0 Å². The zero-order valence-corrected chi connectivity index (χ0v) is 8.66. The number of thiazole rings is 1. The SMILES string of the molecule is S=c1sccn1C1CCCCC1. The normalized spacial score (nSPS) is 19.7. The number of rotatable bonds is 1. The molecule has 66 valence electrons. The lowest BCUT2D eigenvalue weighted by Gasteiger charge is -2.22. The van der Waals surface area contributed by atoms with Crippen LogP contribution in [0, 0.1) is 3.95 Å². The van der Waals surface area contributed by atoms with Gasteiger partial charge in [0.05, 0.1) is 0 Å². The van der Waals surface area contributed by atoms with E-state index in [1.165, 1.54) is 32.1 Å². The van der Waals surface area contributed by atoms with E-state index in [9.17, 15) is 0 Å². The second-order valence-corrected chi connectivity index (χ2v) is 4.91. The molecule has 1 nitrogen and oxygen atoms in total. The Morgan fingerprint density at radius 1 is 1.33 bits per heavy atom. The lowest BCUT2D eigenvalue weighted by atomic mass is 9.95. The summed E-state index contributed by atoms with van der Waals surface area (Å²) in [5.74, 6) is 0. The monoisotopic (exact) mass is 199 g/mol. The van der Waals surface area contributed by atoms with Crippen LogP contribution < -0.4 is 0 Å². The second-order valence-electron chi connectivity index (χ2n) is 3.37. The maximum absolute atomic E-state index is 5.25. The minimum Gasteiger partial charge on any atom is -0.327 e. The van der Waals surface area contributed by atoms with E-state index in [1.807, 2.05) is 0 Å². The van der Waals surface area contributed by atoms with E-state index < -0.39 is 0 Å². The first-order valence-electron chi connectivity index (χ1n) is 4.53. The molecule has 2 rings (SSSR count). The predicted molar refractivity (Wildman–Crippen MR) is 55.3 cm³/mol. The van der Waals surface area contributed by atoms with E-state index in [0.29, 0.717) is 6.04 Å². The highest BCUT2D eigenvalue weighted by molar-refractivity contribution is 7.73. The van der Waals surface area contributed by atoms with Crippen LogP contribution >= 0.6 is 23.6 Å². The van der Waals surface area contributed by atoms with Crippen molar-refractivity contribution in [3.8, 4) is 0 Å². The highest BCUT2D eigenvalue weighted by Crippen LogP contribution is 2.28. The van der Waals surface area contributed by atoms with Gasteiger partial charge in [-0.2, -0.15) is 0 Å². The van der Waals surface area contributed by atoms with Gasteiger partial charge in [0, 0.05) is 17.6 Å². The summed E-state index contributed by atoms with van der Waals surface area (Å²) in [6.45, 7) is 0. The minimum atomic E-state index is 0.706. The highest BCUT2D eigenvalue weighted by atomic mass is 32.1. The average molecular weight is 199 g/mol. The van der Waals surface area contributed by atoms with Crippen molar-refractivity contribution in [1.82, 2.24) is 4.57 Å². The molecule has 0 atom stereocenters. The van der Waals surface area contributed by atoms with Crippen molar-refractivity contribution in [2.45, 2.75) is 38.1 Å². The summed E-state index contributed by atoms with van der Waals surface area (Å²) in [5.41, 5.74) is 0. The number of aromatic nitrogens is 1. The van der Waals surface area contributed by atoms with Gasteiger partial charge in [0.1, 0.15) is 0 Å². The van der Waals surface area contributed by atoms with Crippen LogP contribution in [0.4, 0.5) is 0 Å². The van der Waals surface area contributed by atoms with Crippen molar-refractivity contribution in [3.63, 3.8) is 0 Å². The molecule has 1 aromatic heterocycles. The van der Waals surface area contributed by atoms with Gasteiger partial charge in [0.15, 0.2) is 3.95 Å². The summed E-state index contributed by atoms with van der Waals surface area (Å²) in [4.78, 5) is 0. The molecule has 0 amide bonds. The van der Waals surface area contributed by atoms with Crippen molar-refractivity contribution in [2.24, 2.45) is 0 Å². The molecule has 0 radical (unpaired) electrons. The second kappa shape index (κ2) is 3.71. The van der Waals surface area contributed by atoms with E-state index in [1.54, 1.807) is 11.3 Å². The first-order chi connectivity index (χ1) is 5.88. The molecule has 1 aromatic rings. The van der Waals surface area contributed by atoms with Crippen molar-refractivity contribution in [1.29, 1.82) is 0 Å². The predicted octanol–water partition coefficient (Wildman–Crippen LogP) is 3.78. The molecule has 0 saturated heterocycles. The maximum Gasteiger partial charge on any atom is 0.161 e. The Morgan fingerprint density at radius 2 is 2.08 bits per heavy atom. The maximum atomic E-state index is 5.25. The van der Waals surface area contributed by atoms with Crippen LogP contribution in [-0.4, -0.2) is 4.57 Å². The zero-order valence-electron chi connectivity index (χ0n) is 7.03. The summed E-state index contributed by atoms with van der Waals surface area (Å²) in [6.07, 6.45) is 8.96. The van der Waals surface area contributed by atoms with Crippen molar-refractivity contribution in [3.05, 3.63) is 15.5 Å². The number of nitrogens with zero attached hydrogens (tertiary/aromatic N) is 1. The molecule has 1 aliphatic carbocycles. The Balaban J connectivity index is 2.18. The van der Waals surface area contributed by atoms with Gasteiger partial charge in [0.25, 0.3) is 0 Å². The van der Waals surface area contributed by atoms with Crippen LogP contribution in [0.2, 0.25) is 0 Å². The standard InChI is InChI=1S/C9H13NS2/c11-9-10(6-7-12-9)8-4-2-1-3-5-8/h6-8H,1-5H2. The number of hydrogen-bond acceptors (Lipinski definition) is 2. The third-order valence-electron chi connectivity index (χ3n) is 2.57. The topological polar surface area (TPSA) is 4.93 Å². The minimum absolute atomic E-state index is 0.706. The quantitative estimate of drug-likeness (QED) is 0.623. The third-order valence-corrected chi connectivity index (χ3v) is 3.74. The van der Waals surface area contributed by atoms with Crippen LogP contribution in [0.25, 0.3) is 0 Å². The molecule has 1 fully saturated rings. The third kappa shape index (κ3) is 1.62. The van der Waals surface area contributed by atoms with Crippen molar-refractivity contribution >= 4 is 23.6 Å². The molecule has 1 saturated carbocycles. The fourth-order valence-corrected chi connectivity index (χ4v) is 2.92. The molecule has 1 aliphatic rings. The Hall–Kier alpha value is -0.150. The molecule has 0 N–H and O–H groups in total. The molecule has 12 heavy (non-hydrogen) atoms. The first-order valence-corrected chi connectivity index (χ1v) is 5.82. The van der Waals surface area contributed by atoms with Crippen LogP contribution in [-0.2, 0) is 0 Å². The van der Waals surface area contributed by atoms with Gasteiger partial charge < -0.3 is 4.57 Å².